The number of benzene rings is 2. The highest BCUT2D eigenvalue weighted by Gasteiger charge is 2.08. The molecule has 2 N–H and O–H groups in total. The highest BCUT2D eigenvalue weighted by atomic mass is 16.5. The maximum absolute atomic E-state index is 9.83. The van der Waals surface area contributed by atoms with Crippen molar-refractivity contribution in [2.45, 2.75) is 6.54 Å². The average Bonchev–Trinajstić information content (AvgIpc) is 2.40. The zero-order chi connectivity index (χ0) is 12.1. The fraction of sp³-hybridized carbons (Fsp3) is 0.0714. The van der Waals surface area contributed by atoms with Crippen LogP contribution >= 0.6 is 0 Å². The van der Waals surface area contributed by atoms with Crippen molar-refractivity contribution in [1.29, 1.82) is 5.41 Å². The minimum atomic E-state index is 0.106. The summed E-state index contributed by atoms with van der Waals surface area (Å²) in [6.07, 6.45) is 0. The van der Waals surface area contributed by atoms with Crippen LogP contribution in [0.4, 0.5) is 0 Å². The molecule has 0 atom stereocenters. The van der Waals surface area contributed by atoms with Crippen LogP contribution in [-0.4, -0.2) is 16.1 Å². The summed E-state index contributed by atoms with van der Waals surface area (Å²) in [6.45, 7) is 0.314. The third-order valence-corrected chi connectivity index (χ3v) is 2.48. The van der Waals surface area contributed by atoms with Crippen molar-refractivity contribution >= 4 is 5.84 Å². The zero-order valence-corrected chi connectivity index (χ0v) is 9.38. The van der Waals surface area contributed by atoms with E-state index in [0.717, 1.165) is 10.6 Å². The van der Waals surface area contributed by atoms with Gasteiger partial charge in [0.05, 0.1) is 6.54 Å². The van der Waals surface area contributed by atoms with E-state index in [1.807, 2.05) is 48.5 Å². The predicted molar refractivity (Wildman–Crippen MR) is 67.0 cm³/mol. The summed E-state index contributed by atoms with van der Waals surface area (Å²) in [4.78, 5) is 0. The fourth-order valence-corrected chi connectivity index (χ4v) is 1.58. The van der Waals surface area contributed by atoms with Gasteiger partial charge >= 0.3 is 0 Å². The molecule has 86 valence electrons. The van der Waals surface area contributed by atoms with Gasteiger partial charge in [0.15, 0.2) is 5.84 Å². The first-order chi connectivity index (χ1) is 8.27. The first kappa shape index (κ1) is 11.4. The molecule has 0 aliphatic carbocycles. The van der Waals surface area contributed by atoms with Gasteiger partial charge in [-0.2, -0.15) is 0 Å². The molecule has 3 heteroatoms. The summed E-state index contributed by atoms with van der Waals surface area (Å²) in [5.74, 6) is 0.106. The number of nitrogens with one attached hydrogen (secondary N) is 1. The first-order valence-electron chi connectivity index (χ1n) is 5.41. The highest BCUT2D eigenvalue weighted by Crippen LogP contribution is 2.07. The molecule has 0 saturated heterocycles. The maximum Gasteiger partial charge on any atom is 0.152 e. The third kappa shape index (κ3) is 2.92. The van der Waals surface area contributed by atoms with Crippen molar-refractivity contribution in [1.82, 2.24) is 5.06 Å². The smallest absolute Gasteiger partial charge is 0.152 e. The second-order valence-corrected chi connectivity index (χ2v) is 3.76. The number of hydroxylamine groups is 2. The Balaban J connectivity index is 2.06. The van der Waals surface area contributed by atoms with Gasteiger partial charge in [-0.3, -0.25) is 10.6 Å². The largest absolute Gasteiger partial charge is 0.287 e. The molecular formula is C14H14N2O. The summed E-state index contributed by atoms with van der Waals surface area (Å²) in [7, 11) is 0. The number of rotatable bonds is 3. The van der Waals surface area contributed by atoms with Crippen molar-refractivity contribution in [3.63, 3.8) is 0 Å². The molecule has 0 saturated carbocycles. The first-order valence-corrected chi connectivity index (χ1v) is 5.41. The van der Waals surface area contributed by atoms with Crippen molar-refractivity contribution < 1.29 is 5.21 Å². The van der Waals surface area contributed by atoms with Crippen LogP contribution in [0, 0.1) is 5.41 Å². The van der Waals surface area contributed by atoms with Crippen molar-refractivity contribution in [2.24, 2.45) is 0 Å². The Morgan fingerprint density at radius 2 is 1.47 bits per heavy atom. The minimum absolute atomic E-state index is 0.106. The molecule has 0 unspecified atom stereocenters. The lowest BCUT2D eigenvalue weighted by molar-refractivity contribution is -0.0229. The van der Waals surface area contributed by atoms with E-state index in [2.05, 4.69) is 0 Å². The molecule has 0 aliphatic rings. The molecule has 0 radical (unpaired) electrons. The van der Waals surface area contributed by atoms with Crippen LogP contribution < -0.4 is 0 Å². The SMILES string of the molecule is N=C(c1ccccc1)N(O)Cc1ccccc1. The average molecular weight is 226 g/mol. The summed E-state index contributed by atoms with van der Waals surface area (Å²) < 4.78 is 0. The van der Waals surface area contributed by atoms with Crippen LogP contribution in [0.5, 0.6) is 0 Å². The van der Waals surface area contributed by atoms with E-state index < -0.39 is 0 Å². The van der Waals surface area contributed by atoms with Crippen molar-refractivity contribution in [3.8, 4) is 0 Å². The van der Waals surface area contributed by atoms with Crippen LogP contribution in [0.25, 0.3) is 0 Å². The second kappa shape index (κ2) is 5.27. The van der Waals surface area contributed by atoms with E-state index in [-0.39, 0.29) is 5.84 Å². The Bertz CT molecular complexity index is 482. The summed E-state index contributed by atoms with van der Waals surface area (Å²) in [5.41, 5.74) is 1.67. The van der Waals surface area contributed by atoms with Crippen molar-refractivity contribution in [3.05, 3.63) is 71.8 Å². The third-order valence-electron chi connectivity index (χ3n) is 2.48. The molecular weight excluding hydrogens is 212 g/mol. The molecule has 0 heterocycles. The van der Waals surface area contributed by atoms with Gasteiger partial charge in [-0.25, -0.2) is 5.06 Å². The van der Waals surface area contributed by atoms with Gasteiger partial charge in [-0.1, -0.05) is 60.7 Å². The fourth-order valence-electron chi connectivity index (χ4n) is 1.58. The lowest BCUT2D eigenvalue weighted by atomic mass is 10.2. The van der Waals surface area contributed by atoms with Gasteiger partial charge in [0.2, 0.25) is 0 Å². The molecule has 0 amide bonds. The van der Waals surface area contributed by atoms with Gasteiger partial charge in [0, 0.05) is 5.56 Å². The minimum Gasteiger partial charge on any atom is -0.287 e. The second-order valence-electron chi connectivity index (χ2n) is 3.76. The summed E-state index contributed by atoms with van der Waals surface area (Å²) in [5, 5.41) is 18.6. The van der Waals surface area contributed by atoms with Crippen LogP contribution in [-0.2, 0) is 6.54 Å². The molecule has 0 fully saturated rings. The molecule has 0 spiro atoms. The topological polar surface area (TPSA) is 47.3 Å². The van der Waals surface area contributed by atoms with Crippen LogP contribution in [0.3, 0.4) is 0 Å². The maximum atomic E-state index is 9.83. The van der Waals surface area contributed by atoms with Gasteiger partial charge < -0.3 is 0 Å². The molecule has 17 heavy (non-hydrogen) atoms. The van der Waals surface area contributed by atoms with E-state index in [0.29, 0.717) is 12.1 Å². The van der Waals surface area contributed by atoms with Gasteiger partial charge in [-0.05, 0) is 5.56 Å². The Morgan fingerprint density at radius 1 is 0.941 bits per heavy atom. The van der Waals surface area contributed by atoms with Gasteiger partial charge in [0.1, 0.15) is 0 Å². The van der Waals surface area contributed by atoms with Crippen molar-refractivity contribution in [2.75, 3.05) is 0 Å². The van der Waals surface area contributed by atoms with Gasteiger partial charge in [0.25, 0.3) is 0 Å². The standard InChI is InChI=1S/C14H14N2O/c15-14(13-9-5-2-6-10-13)16(17)11-12-7-3-1-4-8-12/h1-10,15,17H,11H2. The normalized spacial score (nSPS) is 9.94. The lowest BCUT2D eigenvalue weighted by Crippen LogP contribution is -2.26. The monoisotopic (exact) mass is 226 g/mol. The molecule has 0 aliphatic heterocycles. The Morgan fingerprint density at radius 3 is 2.06 bits per heavy atom. The lowest BCUT2D eigenvalue weighted by Gasteiger charge is -2.17. The van der Waals surface area contributed by atoms with E-state index in [1.165, 1.54) is 0 Å². The molecule has 2 aromatic carbocycles. The number of hydrogen-bond donors (Lipinski definition) is 2. The number of hydrogen-bond acceptors (Lipinski definition) is 2. The van der Waals surface area contributed by atoms with E-state index in [1.54, 1.807) is 12.1 Å². The molecule has 0 bridgehead atoms. The summed E-state index contributed by atoms with van der Waals surface area (Å²) in [6, 6.07) is 18.8. The van der Waals surface area contributed by atoms with Crippen LogP contribution in [0.1, 0.15) is 11.1 Å². The Kier molecular flexibility index (Phi) is 3.52. The Hall–Kier alpha value is -2.13. The van der Waals surface area contributed by atoms with Crippen LogP contribution in [0.15, 0.2) is 60.7 Å². The Labute approximate surface area is 100 Å². The van der Waals surface area contributed by atoms with Gasteiger partial charge in [-0.15, -0.1) is 0 Å². The number of amidine groups is 1. The van der Waals surface area contributed by atoms with E-state index in [4.69, 9.17) is 5.41 Å². The van der Waals surface area contributed by atoms with Crippen LogP contribution in [0.2, 0.25) is 0 Å². The molecule has 3 nitrogen and oxygen atoms in total. The zero-order valence-electron chi connectivity index (χ0n) is 9.38. The molecule has 2 aromatic rings. The van der Waals surface area contributed by atoms with E-state index >= 15 is 0 Å². The highest BCUT2D eigenvalue weighted by molar-refractivity contribution is 5.95. The molecule has 0 aromatic heterocycles. The molecule has 2 rings (SSSR count). The predicted octanol–water partition coefficient (Wildman–Crippen LogP) is 2.90. The number of nitrogens with zero attached hydrogens (tertiary/aromatic N) is 1. The summed E-state index contributed by atoms with van der Waals surface area (Å²) >= 11 is 0. The quantitative estimate of drug-likeness (QED) is 0.480. The van der Waals surface area contributed by atoms with E-state index in [9.17, 15) is 5.21 Å².